The maximum atomic E-state index is 12.3. The molecule has 5 nitrogen and oxygen atoms in total. The van der Waals surface area contributed by atoms with Gasteiger partial charge >= 0.3 is 0 Å². The Morgan fingerprint density at radius 1 is 1.13 bits per heavy atom. The monoisotopic (exact) mass is 322 g/mol. The molecule has 0 fully saturated rings. The van der Waals surface area contributed by atoms with E-state index >= 15 is 0 Å². The van der Waals surface area contributed by atoms with Crippen molar-refractivity contribution < 1.29 is 14.3 Å². The normalized spacial score (nSPS) is 10.9. The van der Waals surface area contributed by atoms with Crippen LogP contribution in [-0.4, -0.2) is 44.2 Å². The van der Waals surface area contributed by atoms with Crippen LogP contribution in [0.15, 0.2) is 18.2 Å². The summed E-state index contributed by atoms with van der Waals surface area (Å²) in [4.78, 5) is 14.5. The van der Waals surface area contributed by atoms with E-state index in [2.05, 4.69) is 31.0 Å². The van der Waals surface area contributed by atoms with Gasteiger partial charge in [-0.1, -0.05) is 19.8 Å². The summed E-state index contributed by atoms with van der Waals surface area (Å²) in [7, 11) is 3.18. The summed E-state index contributed by atoms with van der Waals surface area (Å²) < 4.78 is 10.4. The number of nitrogens with zero attached hydrogens (tertiary/aromatic N) is 1. The molecule has 0 atom stereocenters. The second kappa shape index (κ2) is 10.1. The minimum absolute atomic E-state index is 0.0227. The molecule has 0 bridgehead atoms. The van der Waals surface area contributed by atoms with Crippen LogP contribution in [0.5, 0.6) is 11.5 Å². The zero-order valence-electron chi connectivity index (χ0n) is 15.0. The van der Waals surface area contributed by atoms with Gasteiger partial charge in [-0.3, -0.25) is 9.69 Å². The van der Waals surface area contributed by atoms with Gasteiger partial charge in [-0.15, -0.1) is 0 Å². The van der Waals surface area contributed by atoms with E-state index in [0.29, 0.717) is 29.8 Å². The van der Waals surface area contributed by atoms with Crippen LogP contribution in [0.4, 0.5) is 5.69 Å². The quantitative estimate of drug-likeness (QED) is 0.669. The molecule has 0 saturated heterocycles. The SMILES string of the molecule is CCCCCN(CC(=O)Nc1cc(OC)cc(OC)c1)C(C)C. The first kappa shape index (κ1) is 19.3. The van der Waals surface area contributed by atoms with E-state index in [1.165, 1.54) is 12.8 Å². The minimum atomic E-state index is -0.0227. The Balaban J connectivity index is 2.66. The lowest BCUT2D eigenvalue weighted by molar-refractivity contribution is -0.117. The first-order valence-electron chi connectivity index (χ1n) is 8.27. The van der Waals surface area contributed by atoms with Crippen molar-refractivity contribution in [1.29, 1.82) is 0 Å². The van der Waals surface area contributed by atoms with Gasteiger partial charge in [0.25, 0.3) is 0 Å². The number of methoxy groups -OCH3 is 2. The molecule has 5 heteroatoms. The average molecular weight is 322 g/mol. The van der Waals surface area contributed by atoms with Gasteiger partial charge in [0, 0.05) is 29.9 Å². The Morgan fingerprint density at radius 3 is 2.22 bits per heavy atom. The highest BCUT2D eigenvalue weighted by molar-refractivity contribution is 5.92. The summed E-state index contributed by atoms with van der Waals surface area (Å²) in [6, 6.07) is 5.70. The molecular weight excluding hydrogens is 292 g/mol. The topological polar surface area (TPSA) is 50.8 Å². The van der Waals surface area contributed by atoms with Crippen LogP contribution in [0, 0.1) is 0 Å². The molecule has 1 amide bonds. The number of rotatable bonds is 10. The molecule has 1 rings (SSSR count). The molecule has 0 aliphatic carbocycles. The maximum Gasteiger partial charge on any atom is 0.238 e. The average Bonchev–Trinajstić information content (AvgIpc) is 2.53. The molecule has 1 N–H and O–H groups in total. The molecule has 0 aromatic heterocycles. The number of hydrogen-bond donors (Lipinski definition) is 1. The Kier molecular flexibility index (Phi) is 8.48. The van der Waals surface area contributed by atoms with Crippen LogP contribution in [0.2, 0.25) is 0 Å². The zero-order chi connectivity index (χ0) is 17.2. The highest BCUT2D eigenvalue weighted by Gasteiger charge is 2.14. The molecule has 0 unspecified atom stereocenters. The van der Waals surface area contributed by atoms with E-state index in [4.69, 9.17) is 9.47 Å². The van der Waals surface area contributed by atoms with Crippen LogP contribution >= 0.6 is 0 Å². The Morgan fingerprint density at radius 2 is 1.74 bits per heavy atom. The first-order chi connectivity index (χ1) is 11.0. The van der Waals surface area contributed by atoms with E-state index < -0.39 is 0 Å². The van der Waals surface area contributed by atoms with E-state index in [-0.39, 0.29) is 5.91 Å². The number of benzene rings is 1. The number of amides is 1. The molecular formula is C18H30N2O3. The maximum absolute atomic E-state index is 12.3. The molecule has 1 aromatic carbocycles. The molecule has 130 valence electrons. The molecule has 0 saturated carbocycles. The summed E-state index contributed by atoms with van der Waals surface area (Å²) in [6.07, 6.45) is 3.49. The summed E-state index contributed by atoms with van der Waals surface area (Å²) >= 11 is 0. The highest BCUT2D eigenvalue weighted by atomic mass is 16.5. The smallest absolute Gasteiger partial charge is 0.238 e. The van der Waals surface area contributed by atoms with Crippen LogP contribution in [0.3, 0.4) is 0 Å². The van der Waals surface area contributed by atoms with E-state index in [0.717, 1.165) is 13.0 Å². The number of carbonyl (C=O) groups is 1. The van der Waals surface area contributed by atoms with Gasteiger partial charge in [0.05, 0.1) is 20.8 Å². The second-order valence-electron chi connectivity index (χ2n) is 5.92. The third-order valence-corrected chi connectivity index (χ3v) is 3.76. The Labute approximate surface area is 140 Å². The van der Waals surface area contributed by atoms with E-state index in [1.807, 2.05) is 0 Å². The third-order valence-electron chi connectivity index (χ3n) is 3.76. The molecule has 0 radical (unpaired) electrons. The molecule has 1 aromatic rings. The lowest BCUT2D eigenvalue weighted by Crippen LogP contribution is -2.38. The van der Waals surface area contributed by atoms with Crippen molar-refractivity contribution in [3.8, 4) is 11.5 Å². The zero-order valence-corrected chi connectivity index (χ0v) is 15.0. The standard InChI is InChI=1S/C18H30N2O3/c1-6-7-8-9-20(14(2)3)13-18(21)19-15-10-16(22-4)12-17(11-15)23-5/h10-12,14H,6-9,13H2,1-5H3,(H,19,21). The minimum Gasteiger partial charge on any atom is -0.497 e. The molecule has 0 aliphatic heterocycles. The van der Waals surface area contributed by atoms with Crippen molar-refractivity contribution in [3.63, 3.8) is 0 Å². The van der Waals surface area contributed by atoms with Crippen LogP contribution in [0.1, 0.15) is 40.0 Å². The van der Waals surface area contributed by atoms with Gasteiger partial charge in [0.1, 0.15) is 11.5 Å². The predicted octanol–water partition coefficient (Wildman–Crippen LogP) is 3.54. The summed E-state index contributed by atoms with van der Waals surface area (Å²) in [5.74, 6) is 1.29. The fourth-order valence-corrected chi connectivity index (χ4v) is 2.35. The van der Waals surface area contributed by atoms with Crippen molar-refractivity contribution in [3.05, 3.63) is 18.2 Å². The summed E-state index contributed by atoms with van der Waals surface area (Å²) in [5.41, 5.74) is 0.684. The van der Waals surface area contributed by atoms with Crippen LogP contribution in [0.25, 0.3) is 0 Å². The number of nitrogens with one attached hydrogen (secondary N) is 1. The summed E-state index contributed by atoms with van der Waals surface area (Å²) in [6.45, 7) is 7.76. The molecule has 23 heavy (non-hydrogen) atoms. The number of ether oxygens (including phenoxy) is 2. The number of anilines is 1. The van der Waals surface area contributed by atoms with Crippen molar-refractivity contribution in [2.45, 2.75) is 46.1 Å². The van der Waals surface area contributed by atoms with Gasteiger partial charge in [0.15, 0.2) is 0 Å². The van der Waals surface area contributed by atoms with Gasteiger partial charge in [-0.25, -0.2) is 0 Å². The lowest BCUT2D eigenvalue weighted by Gasteiger charge is -2.25. The number of carbonyl (C=O) groups excluding carboxylic acids is 1. The second-order valence-corrected chi connectivity index (χ2v) is 5.92. The predicted molar refractivity (Wildman–Crippen MR) is 94.4 cm³/mol. The fourth-order valence-electron chi connectivity index (χ4n) is 2.35. The number of unbranched alkanes of at least 4 members (excludes halogenated alkanes) is 2. The Hall–Kier alpha value is -1.75. The lowest BCUT2D eigenvalue weighted by atomic mass is 10.2. The van der Waals surface area contributed by atoms with Gasteiger partial charge in [-0.2, -0.15) is 0 Å². The fraction of sp³-hybridized carbons (Fsp3) is 0.611. The highest BCUT2D eigenvalue weighted by Crippen LogP contribution is 2.25. The first-order valence-corrected chi connectivity index (χ1v) is 8.27. The van der Waals surface area contributed by atoms with Crippen molar-refractivity contribution in [1.82, 2.24) is 4.90 Å². The third kappa shape index (κ3) is 6.91. The molecule has 0 aliphatic rings. The van der Waals surface area contributed by atoms with Gasteiger partial charge < -0.3 is 14.8 Å². The van der Waals surface area contributed by atoms with Gasteiger partial charge in [-0.05, 0) is 26.8 Å². The van der Waals surface area contributed by atoms with Crippen LogP contribution in [-0.2, 0) is 4.79 Å². The van der Waals surface area contributed by atoms with Crippen molar-refractivity contribution in [2.75, 3.05) is 32.6 Å². The molecule has 0 heterocycles. The summed E-state index contributed by atoms with van der Waals surface area (Å²) in [5, 5.41) is 2.93. The Bertz CT molecular complexity index is 467. The van der Waals surface area contributed by atoms with Crippen molar-refractivity contribution in [2.24, 2.45) is 0 Å². The van der Waals surface area contributed by atoms with E-state index in [9.17, 15) is 4.79 Å². The van der Waals surface area contributed by atoms with Crippen LogP contribution < -0.4 is 14.8 Å². The molecule has 0 spiro atoms. The number of hydrogen-bond acceptors (Lipinski definition) is 4. The van der Waals surface area contributed by atoms with Crippen molar-refractivity contribution >= 4 is 11.6 Å². The largest absolute Gasteiger partial charge is 0.497 e. The van der Waals surface area contributed by atoms with Gasteiger partial charge in [0.2, 0.25) is 5.91 Å². The van der Waals surface area contributed by atoms with E-state index in [1.54, 1.807) is 32.4 Å².